The van der Waals surface area contributed by atoms with E-state index >= 15 is 0 Å². The molecule has 0 aliphatic heterocycles. The van der Waals surface area contributed by atoms with Gasteiger partial charge in [0.15, 0.2) is 0 Å². The Morgan fingerprint density at radius 2 is 1.63 bits per heavy atom. The van der Waals surface area contributed by atoms with Crippen LogP contribution in [0.25, 0.3) is 0 Å². The molecule has 1 heterocycles. The van der Waals surface area contributed by atoms with E-state index in [1.807, 2.05) is 6.07 Å². The van der Waals surface area contributed by atoms with Gasteiger partial charge < -0.3 is 5.11 Å². The van der Waals surface area contributed by atoms with E-state index in [0.29, 0.717) is 4.88 Å². The van der Waals surface area contributed by atoms with Crippen molar-refractivity contribution in [1.82, 2.24) is 0 Å². The average Bonchev–Trinajstić information content (AvgIpc) is 2.75. The monoisotopic (exact) mass is 282 g/mol. The molecular formula is C15H16F2OS. The SMILES string of the molecule is CC(C)(C)c1ccc(C(O)c2cc(F)cc(F)c2)s1. The molecule has 4 heteroatoms. The normalized spacial score (nSPS) is 13.6. The third-order valence-electron chi connectivity index (χ3n) is 2.84. The van der Waals surface area contributed by atoms with Gasteiger partial charge in [0.1, 0.15) is 17.7 Å². The van der Waals surface area contributed by atoms with Crippen LogP contribution in [0.3, 0.4) is 0 Å². The van der Waals surface area contributed by atoms with Gasteiger partial charge in [-0.3, -0.25) is 0 Å². The van der Waals surface area contributed by atoms with Crippen molar-refractivity contribution in [3.63, 3.8) is 0 Å². The van der Waals surface area contributed by atoms with Crippen LogP contribution in [0, 0.1) is 11.6 Å². The lowest BCUT2D eigenvalue weighted by Gasteiger charge is -2.15. The Labute approximate surface area is 115 Å². The summed E-state index contributed by atoms with van der Waals surface area (Å²) in [6, 6.07) is 6.86. The van der Waals surface area contributed by atoms with Gasteiger partial charge in [0.25, 0.3) is 0 Å². The van der Waals surface area contributed by atoms with Crippen LogP contribution in [0.2, 0.25) is 0 Å². The van der Waals surface area contributed by atoms with Gasteiger partial charge in [-0.05, 0) is 35.2 Å². The Morgan fingerprint density at radius 3 is 2.11 bits per heavy atom. The van der Waals surface area contributed by atoms with E-state index in [-0.39, 0.29) is 11.0 Å². The third kappa shape index (κ3) is 3.19. The van der Waals surface area contributed by atoms with Crippen LogP contribution in [0.1, 0.15) is 42.2 Å². The fraction of sp³-hybridized carbons (Fsp3) is 0.333. The molecule has 0 radical (unpaired) electrons. The predicted molar refractivity (Wildman–Crippen MR) is 73.4 cm³/mol. The van der Waals surface area contributed by atoms with Crippen LogP contribution >= 0.6 is 11.3 Å². The minimum absolute atomic E-state index is 0.00414. The van der Waals surface area contributed by atoms with Crippen LogP contribution < -0.4 is 0 Å². The summed E-state index contributed by atoms with van der Waals surface area (Å²) in [7, 11) is 0. The first-order chi connectivity index (χ1) is 8.77. The molecule has 0 aliphatic carbocycles. The molecular weight excluding hydrogens is 266 g/mol. The lowest BCUT2D eigenvalue weighted by molar-refractivity contribution is 0.223. The van der Waals surface area contributed by atoms with Crippen molar-refractivity contribution in [1.29, 1.82) is 0 Å². The molecule has 2 rings (SSSR count). The van der Waals surface area contributed by atoms with E-state index in [4.69, 9.17) is 0 Å². The minimum Gasteiger partial charge on any atom is -0.383 e. The number of rotatable bonds is 2. The smallest absolute Gasteiger partial charge is 0.126 e. The largest absolute Gasteiger partial charge is 0.383 e. The van der Waals surface area contributed by atoms with Crippen molar-refractivity contribution < 1.29 is 13.9 Å². The lowest BCUT2D eigenvalue weighted by Crippen LogP contribution is -2.07. The molecule has 1 N–H and O–H groups in total. The second kappa shape index (κ2) is 5.02. The van der Waals surface area contributed by atoms with Crippen LogP contribution in [-0.4, -0.2) is 5.11 Å². The van der Waals surface area contributed by atoms with Crippen molar-refractivity contribution in [2.75, 3.05) is 0 Å². The second-order valence-electron chi connectivity index (χ2n) is 5.56. The number of halogens is 2. The highest BCUT2D eigenvalue weighted by molar-refractivity contribution is 7.12. The first kappa shape index (κ1) is 14.2. The van der Waals surface area contributed by atoms with E-state index in [1.54, 1.807) is 6.07 Å². The molecule has 0 amide bonds. The van der Waals surface area contributed by atoms with Crippen LogP contribution in [0.4, 0.5) is 8.78 Å². The number of aliphatic hydroxyl groups is 1. The van der Waals surface area contributed by atoms with Crippen LogP contribution in [0.5, 0.6) is 0 Å². The van der Waals surface area contributed by atoms with E-state index < -0.39 is 17.7 Å². The van der Waals surface area contributed by atoms with E-state index in [2.05, 4.69) is 20.8 Å². The summed E-state index contributed by atoms with van der Waals surface area (Å²) in [5.74, 6) is -1.36. The highest BCUT2D eigenvalue weighted by Gasteiger charge is 2.20. The van der Waals surface area contributed by atoms with Crippen LogP contribution in [0.15, 0.2) is 30.3 Å². The Kier molecular flexibility index (Phi) is 3.74. The summed E-state index contributed by atoms with van der Waals surface area (Å²) < 4.78 is 26.3. The molecule has 0 fully saturated rings. The molecule has 1 atom stereocenters. The second-order valence-corrected chi connectivity index (χ2v) is 6.67. The first-order valence-corrected chi connectivity index (χ1v) is 6.83. The Bertz CT molecular complexity index is 564. The Morgan fingerprint density at radius 1 is 1.05 bits per heavy atom. The lowest BCUT2D eigenvalue weighted by atomic mass is 9.95. The summed E-state index contributed by atoms with van der Waals surface area (Å²) in [5.41, 5.74) is 0.232. The zero-order valence-electron chi connectivity index (χ0n) is 11.1. The molecule has 1 aromatic heterocycles. The molecule has 0 bridgehead atoms. The van der Waals surface area contributed by atoms with Gasteiger partial charge >= 0.3 is 0 Å². The highest BCUT2D eigenvalue weighted by Crippen LogP contribution is 2.34. The standard InChI is InChI=1S/C15H16F2OS/c1-15(2,3)13-5-4-12(19-13)14(18)9-6-10(16)8-11(17)7-9/h4-8,14,18H,1-3H3. The minimum atomic E-state index is -0.994. The van der Waals surface area contributed by atoms with E-state index in [1.165, 1.54) is 11.3 Å². The van der Waals surface area contributed by atoms with Gasteiger partial charge in [0.2, 0.25) is 0 Å². The summed E-state index contributed by atoms with van der Waals surface area (Å²) in [6.07, 6.45) is -0.994. The average molecular weight is 282 g/mol. The maximum absolute atomic E-state index is 13.2. The summed E-state index contributed by atoms with van der Waals surface area (Å²) >= 11 is 1.46. The molecule has 1 nitrogen and oxygen atoms in total. The van der Waals surface area contributed by atoms with Gasteiger partial charge in [-0.1, -0.05) is 20.8 Å². The van der Waals surface area contributed by atoms with Crippen molar-refractivity contribution in [3.8, 4) is 0 Å². The van der Waals surface area contributed by atoms with Crippen molar-refractivity contribution in [2.24, 2.45) is 0 Å². The summed E-state index contributed by atoms with van der Waals surface area (Å²) in [5, 5.41) is 10.2. The van der Waals surface area contributed by atoms with Gasteiger partial charge in [-0.2, -0.15) is 0 Å². The Hall–Kier alpha value is -1.26. The molecule has 0 aliphatic rings. The zero-order chi connectivity index (χ0) is 14.2. The molecule has 19 heavy (non-hydrogen) atoms. The molecule has 2 aromatic rings. The van der Waals surface area contributed by atoms with E-state index in [9.17, 15) is 13.9 Å². The number of aliphatic hydroxyl groups excluding tert-OH is 1. The third-order valence-corrected chi connectivity index (χ3v) is 4.40. The molecule has 1 unspecified atom stereocenters. The van der Waals surface area contributed by atoms with Crippen molar-refractivity contribution in [2.45, 2.75) is 32.3 Å². The van der Waals surface area contributed by atoms with E-state index in [0.717, 1.165) is 23.1 Å². The molecule has 102 valence electrons. The van der Waals surface area contributed by atoms with Crippen LogP contribution in [-0.2, 0) is 5.41 Å². The number of hydrogen-bond acceptors (Lipinski definition) is 2. The van der Waals surface area contributed by atoms with Gasteiger partial charge in [-0.15, -0.1) is 11.3 Å². The zero-order valence-corrected chi connectivity index (χ0v) is 11.9. The number of benzene rings is 1. The maximum Gasteiger partial charge on any atom is 0.126 e. The first-order valence-electron chi connectivity index (χ1n) is 6.01. The highest BCUT2D eigenvalue weighted by atomic mass is 32.1. The van der Waals surface area contributed by atoms with Crippen molar-refractivity contribution in [3.05, 3.63) is 57.3 Å². The topological polar surface area (TPSA) is 20.2 Å². The Balaban J connectivity index is 2.33. The fourth-order valence-corrected chi connectivity index (χ4v) is 2.88. The summed E-state index contributed by atoms with van der Waals surface area (Å²) in [6.45, 7) is 6.24. The van der Waals surface area contributed by atoms with Gasteiger partial charge in [0.05, 0.1) is 0 Å². The number of hydrogen-bond donors (Lipinski definition) is 1. The molecule has 0 saturated carbocycles. The quantitative estimate of drug-likeness (QED) is 0.865. The fourth-order valence-electron chi connectivity index (χ4n) is 1.80. The van der Waals surface area contributed by atoms with Gasteiger partial charge in [-0.25, -0.2) is 8.78 Å². The predicted octanol–water partition coefficient (Wildman–Crippen LogP) is 4.41. The molecule has 1 aromatic carbocycles. The summed E-state index contributed by atoms with van der Waals surface area (Å²) in [4.78, 5) is 1.81. The van der Waals surface area contributed by atoms with Crippen molar-refractivity contribution >= 4 is 11.3 Å². The number of thiophene rings is 1. The molecule has 0 spiro atoms. The molecule has 0 saturated heterocycles. The maximum atomic E-state index is 13.2. The van der Waals surface area contributed by atoms with Gasteiger partial charge in [0, 0.05) is 15.8 Å².